The van der Waals surface area contributed by atoms with Gasteiger partial charge in [0.2, 0.25) is 17.7 Å². The third kappa shape index (κ3) is 12.1. The lowest BCUT2D eigenvalue weighted by Gasteiger charge is -2.26. The van der Waals surface area contributed by atoms with Crippen molar-refractivity contribution in [1.29, 1.82) is 0 Å². The van der Waals surface area contributed by atoms with E-state index in [1.807, 2.05) is 34.0 Å². The molecular weight excluding hydrogens is 498 g/mol. The Bertz CT molecular complexity index is 979. The minimum absolute atomic E-state index is 0.115. The fraction of sp³-hybridized carbons (Fsp3) is 0.577. The average molecular weight is 540 g/mol. The molecule has 0 aliphatic carbocycles. The van der Waals surface area contributed by atoms with Gasteiger partial charge in [0, 0.05) is 18.4 Å². The van der Waals surface area contributed by atoms with Crippen LogP contribution in [-0.2, 0) is 24.2 Å². The van der Waals surface area contributed by atoms with Crippen LogP contribution in [0.15, 0.2) is 46.7 Å². The van der Waals surface area contributed by atoms with Gasteiger partial charge in [0.15, 0.2) is 9.84 Å². The molecular formula is C26H41N3O5S2. The molecule has 10 heteroatoms. The minimum atomic E-state index is -3.66. The maximum atomic E-state index is 13.2. The van der Waals surface area contributed by atoms with Crippen LogP contribution in [0.5, 0.6) is 0 Å². The van der Waals surface area contributed by atoms with Gasteiger partial charge in [-0.05, 0) is 55.2 Å². The number of carbonyl (C=O) groups excluding carboxylic acids is 3. The Labute approximate surface area is 220 Å². The zero-order valence-electron chi connectivity index (χ0n) is 22.1. The SMILES string of the molecule is CSCC[C@@H](C=CS(=O)(=O)c1ccccc1)NC(=O)[C@H](CC(C)C)NC(=O)[C@H](CC(C)C)NC(C)=O. The molecule has 0 radical (unpaired) electrons. The molecule has 3 amide bonds. The zero-order valence-corrected chi connectivity index (χ0v) is 23.7. The first-order valence-corrected chi connectivity index (χ1v) is 15.1. The molecule has 0 saturated heterocycles. The van der Waals surface area contributed by atoms with Gasteiger partial charge in [-0.25, -0.2) is 8.42 Å². The standard InChI is InChI=1S/C26H41N3O5S2/c1-18(2)16-23(27-20(5)30)26(32)29-24(17-19(3)4)25(31)28-21(12-14-35-6)13-15-36(33,34)22-10-8-7-9-11-22/h7-11,13,15,18-19,21,23-24H,12,14,16-17H2,1-6H3,(H,27,30)(H,28,31)(H,29,32)/t21-,23-,24-/m0/s1. The maximum Gasteiger partial charge on any atom is 0.243 e. The molecule has 0 aliphatic heterocycles. The molecule has 0 fully saturated rings. The number of sulfone groups is 1. The molecule has 202 valence electrons. The predicted octanol–water partition coefficient (Wildman–Crippen LogP) is 3.29. The summed E-state index contributed by atoms with van der Waals surface area (Å²) in [6, 6.07) is 5.99. The van der Waals surface area contributed by atoms with Crippen molar-refractivity contribution in [2.24, 2.45) is 11.8 Å². The van der Waals surface area contributed by atoms with Crippen molar-refractivity contribution in [2.45, 2.75) is 76.9 Å². The Morgan fingerprint density at radius 2 is 1.42 bits per heavy atom. The summed E-state index contributed by atoms with van der Waals surface area (Å²) in [7, 11) is -3.66. The Balaban J connectivity index is 3.07. The minimum Gasteiger partial charge on any atom is -0.348 e. The summed E-state index contributed by atoms with van der Waals surface area (Å²) in [5, 5.41) is 9.50. The maximum absolute atomic E-state index is 13.2. The largest absolute Gasteiger partial charge is 0.348 e. The fourth-order valence-corrected chi connectivity index (χ4v) is 5.13. The Kier molecular flexibility index (Phi) is 13.8. The van der Waals surface area contributed by atoms with Crippen LogP contribution < -0.4 is 16.0 Å². The molecule has 1 rings (SSSR count). The van der Waals surface area contributed by atoms with Gasteiger partial charge in [0.1, 0.15) is 12.1 Å². The number of nitrogens with one attached hydrogen (secondary N) is 3. The van der Waals surface area contributed by atoms with Crippen LogP contribution in [0.25, 0.3) is 0 Å². The number of hydrogen-bond donors (Lipinski definition) is 3. The van der Waals surface area contributed by atoms with Gasteiger partial charge < -0.3 is 16.0 Å². The molecule has 1 aromatic rings. The number of thioether (sulfide) groups is 1. The summed E-state index contributed by atoms with van der Waals surface area (Å²) in [6.45, 7) is 9.15. The van der Waals surface area contributed by atoms with E-state index in [1.165, 1.54) is 25.1 Å². The third-order valence-electron chi connectivity index (χ3n) is 5.26. The average Bonchev–Trinajstić information content (AvgIpc) is 2.79. The summed E-state index contributed by atoms with van der Waals surface area (Å²) >= 11 is 1.59. The van der Waals surface area contributed by atoms with Crippen LogP contribution in [0, 0.1) is 11.8 Å². The molecule has 0 unspecified atom stereocenters. The summed E-state index contributed by atoms with van der Waals surface area (Å²) in [5.41, 5.74) is 0. The quantitative estimate of drug-likeness (QED) is 0.314. The van der Waals surface area contributed by atoms with E-state index in [1.54, 1.807) is 30.0 Å². The second kappa shape index (κ2) is 15.7. The number of rotatable bonds is 15. The molecule has 3 atom stereocenters. The van der Waals surface area contributed by atoms with E-state index in [-0.39, 0.29) is 22.6 Å². The summed E-state index contributed by atoms with van der Waals surface area (Å²) in [4.78, 5) is 38.0. The Morgan fingerprint density at radius 3 is 1.92 bits per heavy atom. The van der Waals surface area contributed by atoms with E-state index in [9.17, 15) is 22.8 Å². The second-order valence-electron chi connectivity index (χ2n) is 9.66. The molecule has 0 heterocycles. The molecule has 0 bridgehead atoms. The molecule has 0 saturated carbocycles. The van der Waals surface area contributed by atoms with E-state index < -0.39 is 39.8 Å². The first-order chi connectivity index (χ1) is 16.9. The zero-order chi connectivity index (χ0) is 27.3. The van der Waals surface area contributed by atoms with Crippen molar-refractivity contribution in [3.63, 3.8) is 0 Å². The van der Waals surface area contributed by atoms with Gasteiger partial charge in [-0.3, -0.25) is 14.4 Å². The highest BCUT2D eigenvalue weighted by Crippen LogP contribution is 2.14. The van der Waals surface area contributed by atoms with Crippen LogP contribution in [0.1, 0.15) is 53.9 Å². The van der Waals surface area contributed by atoms with Crippen LogP contribution in [0.3, 0.4) is 0 Å². The van der Waals surface area contributed by atoms with Crippen molar-refractivity contribution in [3.8, 4) is 0 Å². The molecule has 36 heavy (non-hydrogen) atoms. The van der Waals surface area contributed by atoms with Crippen LogP contribution in [0.4, 0.5) is 0 Å². The van der Waals surface area contributed by atoms with E-state index >= 15 is 0 Å². The lowest BCUT2D eigenvalue weighted by Crippen LogP contribution is -2.55. The predicted molar refractivity (Wildman–Crippen MR) is 146 cm³/mol. The monoisotopic (exact) mass is 539 g/mol. The first-order valence-electron chi connectivity index (χ1n) is 12.2. The molecule has 0 spiro atoms. The number of amides is 3. The molecule has 0 aliphatic rings. The van der Waals surface area contributed by atoms with E-state index in [2.05, 4.69) is 16.0 Å². The van der Waals surface area contributed by atoms with Gasteiger partial charge in [-0.1, -0.05) is 52.0 Å². The molecule has 3 N–H and O–H groups in total. The van der Waals surface area contributed by atoms with Crippen molar-refractivity contribution in [3.05, 3.63) is 41.8 Å². The normalized spacial score (nSPS) is 14.4. The topological polar surface area (TPSA) is 121 Å². The van der Waals surface area contributed by atoms with Gasteiger partial charge in [-0.2, -0.15) is 11.8 Å². The van der Waals surface area contributed by atoms with Gasteiger partial charge in [-0.15, -0.1) is 0 Å². The third-order valence-corrected chi connectivity index (χ3v) is 7.35. The van der Waals surface area contributed by atoms with Crippen molar-refractivity contribution < 1.29 is 22.8 Å². The summed E-state index contributed by atoms with van der Waals surface area (Å²) in [6.07, 6.45) is 4.79. The summed E-state index contributed by atoms with van der Waals surface area (Å²) < 4.78 is 25.4. The van der Waals surface area contributed by atoms with Crippen molar-refractivity contribution in [2.75, 3.05) is 12.0 Å². The van der Waals surface area contributed by atoms with Crippen molar-refractivity contribution >= 4 is 39.3 Å². The second-order valence-corrected chi connectivity index (χ2v) is 12.5. The van der Waals surface area contributed by atoms with E-state index in [0.717, 1.165) is 5.41 Å². The number of carbonyl (C=O) groups is 3. The number of hydrogen-bond acceptors (Lipinski definition) is 6. The highest BCUT2D eigenvalue weighted by atomic mass is 32.2. The lowest BCUT2D eigenvalue weighted by molar-refractivity contribution is -0.132. The van der Waals surface area contributed by atoms with Crippen LogP contribution in [-0.4, -0.2) is 56.3 Å². The highest BCUT2D eigenvalue weighted by molar-refractivity contribution is 7.98. The van der Waals surface area contributed by atoms with Gasteiger partial charge >= 0.3 is 0 Å². The lowest BCUT2D eigenvalue weighted by atomic mass is 9.99. The first kappa shape index (κ1) is 31.7. The number of benzene rings is 1. The molecule has 0 aromatic heterocycles. The Hall–Kier alpha value is -2.33. The summed E-state index contributed by atoms with van der Waals surface area (Å²) in [5.74, 6) is -0.135. The smallest absolute Gasteiger partial charge is 0.243 e. The van der Waals surface area contributed by atoms with Gasteiger partial charge in [0.25, 0.3) is 0 Å². The van der Waals surface area contributed by atoms with Crippen LogP contribution >= 0.6 is 11.8 Å². The Morgan fingerprint density at radius 1 is 0.889 bits per heavy atom. The molecule has 1 aromatic carbocycles. The molecule has 8 nitrogen and oxygen atoms in total. The van der Waals surface area contributed by atoms with E-state index in [4.69, 9.17) is 0 Å². The van der Waals surface area contributed by atoms with Crippen LogP contribution in [0.2, 0.25) is 0 Å². The fourth-order valence-electron chi connectivity index (χ4n) is 3.56. The van der Waals surface area contributed by atoms with E-state index in [0.29, 0.717) is 25.0 Å². The van der Waals surface area contributed by atoms with Crippen molar-refractivity contribution in [1.82, 2.24) is 16.0 Å². The highest BCUT2D eigenvalue weighted by Gasteiger charge is 2.28. The van der Waals surface area contributed by atoms with Gasteiger partial charge in [0.05, 0.1) is 4.90 Å².